The van der Waals surface area contributed by atoms with Crippen molar-refractivity contribution in [1.29, 1.82) is 0 Å². The summed E-state index contributed by atoms with van der Waals surface area (Å²) in [5, 5.41) is 16.2. The van der Waals surface area contributed by atoms with Crippen molar-refractivity contribution in [3.63, 3.8) is 0 Å². The van der Waals surface area contributed by atoms with E-state index in [0.29, 0.717) is 24.5 Å². The number of nitro benzene ring substituents is 1. The van der Waals surface area contributed by atoms with Crippen molar-refractivity contribution in [3.8, 4) is 5.75 Å². The van der Waals surface area contributed by atoms with E-state index in [-0.39, 0.29) is 11.8 Å². The first kappa shape index (κ1) is 15.5. The second-order valence-corrected chi connectivity index (χ2v) is 4.36. The van der Waals surface area contributed by atoms with Gasteiger partial charge >= 0.3 is 6.03 Å². The molecule has 1 rings (SSSR count). The molecule has 8 heteroatoms. The van der Waals surface area contributed by atoms with Gasteiger partial charge in [-0.15, -0.1) is 0 Å². The molecule has 0 aromatic heterocycles. The van der Waals surface area contributed by atoms with E-state index >= 15 is 0 Å². The number of anilines is 1. The predicted molar refractivity (Wildman–Crippen MR) is 74.9 cm³/mol. The molecule has 0 heterocycles. The lowest BCUT2D eigenvalue weighted by molar-refractivity contribution is -0.384. The second-order valence-electron chi connectivity index (χ2n) is 4.36. The number of nitro groups is 1. The van der Waals surface area contributed by atoms with Gasteiger partial charge in [0, 0.05) is 30.9 Å². The molecule has 0 atom stereocenters. The van der Waals surface area contributed by atoms with Crippen LogP contribution in [0.2, 0.25) is 0 Å². The summed E-state index contributed by atoms with van der Waals surface area (Å²) in [6, 6.07) is 3.82. The molecule has 0 spiro atoms. The summed E-state index contributed by atoms with van der Waals surface area (Å²) in [6.45, 7) is 4.38. The van der Waals surface area contributed by atoms with Gasteiger partial charge in [0.2, 0.25) is 0 Å². The van der Waals surface area contributed by atoms with Gasteiger partial charge in [-0.05, 0) is 13.8 Å². The van der Waals surface area contributed by atoms with Crippen LogP contribution in [0.25, 0.3) is 0 Å². The number of benzene rings is 1. The average molecular weight is 282 g/mol. The Bertz CT molecular complexity index is 490. The van der Waals surface area contributed by atoms with E-state index in [2.05, 4.69) is 10.6 Å². The number of carbonyl (C=O) groups excluding carboxylic acids is 1. The molecule has 0 saturated heterocycles. The van der Waals surface area contributed by atoms with Crippen molar-refractivity contribution < 1.29 is 14.5 Å². The Morgan fingerprint density at radius 1 is 1.40 bits per heavy atom. The molecule has 0 fully saturated rings. The molecule has 8 nitrogen and oxygen atoms in total. The normalized spacial score (nSPS) is 10.2. The number of nitrogens with one attached hydrogen (secondary N) is 2. The maximum absolute atomic E-state index is 10.9. The Balaban J connectivity index is 2.75. The quantitative estimate of drug-likeness (QED) is 0.397. The molecule has 0 bridgehead atoms. The molecule has 4 N–H and O–H groups in total. The number of non-ortho nitro benzene ring substituents is 1. The summed E-state index contributed by atoms with van der Waals surface area (Å²) in [5.41, 5.74) is 5.41. The van der Waals surface area contributed by atoms with Crippen molar-refractivity contribution in [2.45, 2.75) is 20.0 Å². The van der Waals surface area contributed by atoms with Crippen molar-refractivity contribution >= 4 is 17.4 Å². The molecule has 1 aromatic carbocycles. The standard InChI is InChI=1S/C12H18N4O4/c1-8(2)20-11-6-9(5-10(7-11)16(18)19)14-3-4-15-12(13)17/h5-8,14H,3-4H2,1-2H3,(H3,13,15,17). The second kappa shape index (κ2) is 7.17. The van der Waals surface area contributed by atoms with E-state index in [4.69, 9.17) is 10.5 Å². The smallest absolute Gasteiger partial charge is 0.312 e. The van der Waals surface area contributed by atoms with Gasteiger partial charge in [-0.2, -0.15) is 0 Å². The molecule has 2 amide bonds. The molecular formula is C12H18N4O4. The van der Waals surface area contributed by atoms with E-state index in [1.54, 1.807) is 6.07 Å². The van der Waals surface area contributed by atoms with Gasteiger partial charge < -0.3 is 21.1 Å². The van der Waals surface area contributed by atoms with Gasteiger partial charge in [-0.1, -0.05) is 0 Å². The minimum atomic E-state index is -0.616. The van der Waals surface area contributed by atoms with Crippen molar-refractivity contribution in [2.75, 3.05) is 18.4 Å². The zero-order valence-electron chi connectivity index (χ0n) is 11.4. The highest BCUT2D eigenvalue weighted by Crippen LogP contribution is 2.26. The predicted octanol–water partition coefficient (Wildman–Crippen LogP) is 1.46. The third-order valence-electron chi connectivity index (χ3n) is 2.23. The van der Waals surface area contributed by atoms with Gasteiger partial charge in [0.15, 0.2) is 0 Å². The number of hydrogen-bond acceptors (Lipinski definition) is 5. The fourth-order valence-corrected chi connectivity index (χ4v) is 1.52. The molecule has 0 unspecified atom stereocenters. The number of nitrogens with two attached hydrogens (primary N) is 1. The summed E-state index contributed by atoms with van der Waals surface area (Å²) < 4.78 is 5.46. The zero-order valence-corrected chi connectivity index (χ0v) is 11.4. The first-order valence-corrected chi connectivity index (χ1v) is 6.12. The maximum atomic E-state index is 10.9. The Morgan fingerprint density at radius 2 is 2.10 bits per heavy atom. The van der Waals surface area contributed by atoms with Gasteiger partial charge in [0.25, 0.3) is 5.69 Å². The fraction of sp³-hybridized carbons (Fsp3) is 0.417. The lowest BCUT2D eigenvalue weighted by atomic mass is 10.2. The first-order valence-electron chi connectivity index (χ1n) is 6.12. The zero-order chi connectivity index (χ0) is 15.1. The Kier molecular flexibility index (Phi) is 5.57. The molecule has 0 aliphatic rings. The van der Waals surface area contributed by atoms with Crippen LogP contribution in [0.4, 0.5) is 16.2 Å². The monoisotopic (exact) mass is 282 g/mol. The van der Waals surface area contributed by atoms with Gasteiger partial charge in [-0.25, -0.2) is 4.79 Å². The third-order valence-corrected chi connectivity index (χ3v) is 2.23. The molecular weight excluding hydrogens is 264 g/mol. The summed E-state index contributed by atoms with van der Waals surface area (Å²) in [5.74, 6) is 0.416. The minimum Gasteiger partial charge on any atom is -0.491 e. The number of ether oxygens (including phenoxy) is 1. The number of nitrogens with zero attached hydrogens (tertiary/aromatic N) is 1. The van der Waals surface area contributed by atoms with Crippen LogP contribution in [-0.2, 0) is 0 Å². The molecule has 0 aliphatic heterocycles. The Labute approximate surface area is 116 Å². The average Bonchev–Trinajstić information content (AvgIpc) is 2.33. The largest absolute Gasteiger partial charge is 0.491 e. The van der Waals surface area contributed by atoms with E-state index in [9.17, 15) is 14.9 Å². The van der Waals surface area contributed by atoms with Crippen molar-refractivity contribution in [3.05, 3.63) is 28.3 Å². The number of urea groups is 1. The van der Waals surface area contributed by atoms with Crippen LogP contribution >= 0.6 is 0 Å². The van der Waals surface area contributed by atoms with Crippen molar-refractivity contribution in [1.82, 2.24) is 5.32 Å². The molecule has 0 saturated carbocycles. The van der Waals surface area contributed by atoms with Crippen LogP contribution in [-0.4, -0.2) is 30.1 Å². The summed E-state index contributed by atoms with van der Waals surface area (Å²) >= 11 is 0. The van der Waals surface area contributed by atoms with Gasteiger partial charge in [-0.3, -0.25) is 10.1 Å². The van der Waals surface area contributed by atoms with E-state index in [1.807, 2.05) is 13.8 Å². The first-order chi connectivity index (χ1) is 9.38. The number of rotatable bonds is 7. The fourth-order valence-electron chi connectivity index (χ4n) is 1.52. The van der Waals surface area contributed by atoms with Crippen LogP contribution in [0.15, 0.2) is 18.2 Å². The Hall–Kier alpha value is -2.51. The highest BCUT2D eigenvalue weighted by atomic mass is 16.6. The van der Waals surface area contributed by atoms with E-state index < -0.39 is 11.0 Å². The van der Waals surface area contributed by atoms with E-state index in [0.717, 1.165) is 0 Å². The van der Waals surface area contributed by atoms with E-state index in [1.165, 1.54) is 12.1 Å². The third kappa shape index (κ3) is 5.42. The van der Waals surface area contributed by atoms with Crippen LogP contribution in [0, 0.1) is 10.1 Å². The maximum Gasteiger partial charge on any atom is 0.312 e. The van der Waals surface area contributed by atoms with Crippen LogP contribution < -0.4 is 21.1 Å². The molecule has 0 radical (unpaired) electrons. The van der Waals surface area contributed by atoms with Crippen LogP contribution in [0.5, 0.6) is 5.75 Å². The minimum absolute atomic E-state index is 0.0616. The number of carbonyl (C=O) groups is 1. The summed E-state index contributed by atoms with van der Waals surface area (Å²) in [6.07, 6.45) is -0.0821. The topological polar surface area (TPSA) is 120 Å². The highest BCUT2D eigenvalue weighted by molar-refractivity contribution is 5.71. The Morgan fingerprint density at radius 3 is 2.65 bits per heavy atom. The summed E-state index contributed by atoms with van der Waals surface area (Å²) in [7, 11) is 0. The van der Waals surface area contributed by atoms with Crippen LogP contribution in [0.1, 0.15) is 13.8 Å². The molecule has 0 aliphatic carbocycles. The van der Waals surface area contributed by atoms with Crippen molar-refractivity contribution in [2.24, 2.45) is 5.73 Å². The molecule has 110 valence electrons. The lowest BCUT2D eigenvalue weighted by Gasteiger charge is -2.12. The number of hydrogen-bond donors (Lipinski definition) is 3. The lowest BCUT2D eigenvalue weighted by Crippen LogP contribution is -2.33. The van der Waals surface area contributed by atoms with Gasteiger partial charge in [0.05, 0.1) is 17.1 Å². The SMILES string of the molecule is CC(C)Oc1cc(NCCNC(N)=O)cc([N+](=O)[O-])c1. The summed E-state index contributed by atoms with van der Waals surface area (Å²) in [4.78, 5) is 20.9. The number of primary amides is 1. The molecule has 1 aromatic rings. The van der Waals surface area contributed by atoms with Crippen LogP contribution in [0.3, 0.4) is 0 Å². The highest BCUT2D eigenvalue weighted by Gasteiger charge is 2.11. The van der Waals surface area contributed by atoms with Gasteiger partial charge in [0.1, 0.15) is 5.75 Å². The molecule has 20 heavy (non-hydrogen) atoms. The number of amides is 2.